The number of halogens is 3. The van der Waals surface area contributed by atoms with Crippen LogP contribution in [-0.4, -0.2) is 55.4 Å². The normalized spacial score (nSPS) is 17.1. The predicted molar refractivity (Wildman–Crippen MR) is 111 cm³/mol. The van der Waals surface area contributed by atoms with Crippen LogP contribution in [0, 0.1) is 0 Å². The zero-order valence-corrected chi connectivity index (χ0v) is 17.9. The molecule has 4 heterocycles. The van der Waals surface area contributed by atoms with E-state index < -0.39 is 12.6 Å². The second kappa shape index (κ2) is 9.68. The monoisotopic (exact) mass is 449 g/mol. The molecule has 0 bridgehead atoms. The van der Waals surface area contributed by atoms with E-state index in [-0.39, 0.29) is 19.1 Å². The molecule has 0 N–H and O–H groups in total. The maximum absolute atomic E-state index is 12.8. The van der Waals surface area contributed by atoms with E-state index in [0.29, 0.717) is 37.9 Å². The minimum Gasteiger partial charge on any atom is -0.370 e. The van der Waals surface area contributed by atoms with E-state index in [1.54, 1.807) is 23.2 Å². The summed E-state index contributed by atoms with van der Waals surface area (Å²) < 4.78 is 47.9. The van der Waals surface area contributed by atoms with E-state index in [0.717, 1.165) is 17.7 Å². The number of pyridine rings is 1. The first-order chi connectivity index (χ1) is 15.4. The van der Waals surface area contributed by atoms with Crippen LogP contribution in [-0.2, 0) is 24.2 Å². The number of aryl methyl sites for hydroxylation is 1. The minimum atomic E-state index is -4.19. The van der Waals surface area contributed by atoms with Crippen LogP contribution >= 0.6 is 0 Å². The van der Waals surface area contributed by atoms with E-state index in [1.165, 1.54) is 0 Å². The number of hydrogen-bond acceptors (Lipinski definition) is 6. The number of anilines is 1. The molecule has 11 heteroatoms. The maximum Gasteiger partial charge on any atom is 0.389 e. The molecule has 0 aromatic carbocycles. The number of aromatic nitrogens is 6. The molecule has 0 saturated carbocycles. The van der Waals surface area contributed by atoms with Crippen LogP contribution in [0.1, 0.15) is 42.8 Å². The SMILES string of the molecule is CCn1cc(C2CN(c3nnc(Cc4cccnc4)n3CCCC(F)(F)F)CCO2)cn1. The molecule has 8 nitrogen and oxygen atoms in total. The van der Waals surface area contributed by atoms with E-state index >= 15 is 0 Å². The molecule has 172 valence electrons. The maximum atomic E-state index is 12.8. The number of nitrogens with zero attached hydrogens (tertiary/aromatic N) is 7. The quantitative estimate of drug-likeness (QED) is 0.525. The molecular formula is C21H26F3N7O. The van der Waals surface area contributed by atoms with Gasteiger partial charge in [-0.1, -0.05) is 6.07 Å². The Labute approximate surface area is 184 Å². The first-order valence-electron chi connectivity index (χ1n) is 10.7. The molecule has 1 atom stereocenters. The van der Waals surface area contributed by atoms with Gasteiger partial charge in [0.05, 0.1) is 19.3 Å². The van der Waals surface area contributed by atoms with Crippen LogP contribution in [0.3, 0.4) is 0 Å². The molecule has 1 saturated heterocycles. The van der Waals surface area contributed by atoms with Gasteiger partial charge < -0.3 is 9.64 Å². The van der Waals surface area contributed by atoms with Crippen molar-refractivity contribution >= 4 is 5.95 Å². The van der Waals surface area contributed by atoms with Crippen molar-refractivity contribution in [2.24, 2.45) is 0 Å². The second-order valence-electron chi connectivity index (χ2n) is 7.76. The molecule has 0 radical (unpaired) electrons. The average molecular weight is 449 g/mol. The summed E-state index contributed by atoms with van der Waals surface area (Å²) in [6.45, 7) is 4.56. The Hall–Kier alpha value is -2.95. The molecule has 1 aliphatic rings. The molecular weight excluding hydrogens is 423 g/mol. The van der Waals surface area contributed by atoms with Gasteiger partial charge in [-0.15, -0.1) is 10.2 Å². The Balaban J connectivity index is 1.55. The fourth-order valence-electron chi connectivity index (χ4n) is 3.79. The molecule has 4 rings (SSSR count). The lowest BCUT2D eigenvalue weighted by atomic mass is 10.1. The fourth-order valence-corrected chi connectivity index (χ4v) is 3.79. The summed E-state index contributed by atoms with van der Waals surface area (Å²) >= 11 is 0. The predicted octanol–water partition coefficient (Wildman–Crippen LogP) is 3.40. The third kappa shape index (κ3) is 5.45. The van der Waals surface area contributed by atoms with E-state index in [4.69, 9.17) is 4.74 Å². The molecule has 1 aliphatic heterocycles. The second-order valence-corrected chi connectivity index (χ2v) is 7.76. The van der Waals surface area contributed by atoms with Gasteiger partial charge >= 0.3 is 6.18 Å². The molecule has 0 amide bonds. The number of morpholine rings is 1. The topological polar surface area (TPSA) is 73.9 Å². The van der Waals surface area contributed by atoms with Crippen molar-refractivity contribution < 1.29 is 17.9 Å². The first kappa shape index (κ1) is 22.3. The minimum absolute atomic E-state index is 0.0361. The van der Waals surface area contributed by atoms with E-state index in [2.05, 4.69) is 20.3 Å². The van der Waals surface area contributed by atoms with Crippen molar-refractivity contribution in [1.82, 2.24) is 29.5 Å². The largest absolute Gasteiger partial charge is 0.389 e. The van der Waals surface area contributed by atoms with Crippen molar-refractivity contribution in [3.05, 3.63) is 53.9 Å². The Kier molecular flexibility index (Phi) is 6.73. The number of rotatable bonds is 8. The molecule has 1 unspecified atom stereocenters. The molecule has 3 aromatic rings. The molecule has 1 fully saturated rings. The summed E-state index contributed by atoms with van der Waals surface area (Å²) in [6.07, 6.45) is 2.33. The van der Waals surface area contributed by atoms with Crippen LogP contribution in [0.4, 0.5) is 19.1 Å². The van der Waals surface area contributed by atoms with Gasteiger partial charge in [0.25, 0.3) is 0 Å². The van der Waals surface area contributed by atoms with E-state index in [1.807, 2.05) is 34.8 Å². The summed E-state index contributed by atoms with van der Waals surface area (Å²) in [5.41, 5.74) is 1.89. The highest BCUT2D eigenvalue weighted by Gasteiger charge is 2.29. The smallest absolute Gasteiger partial charge is 0.370 e. The van der Waals surface area contributed by atoms with Crippen molar-refractivity contribution in [2.75, 3.05) is 24.6 Å². The van der Waals surface area contributed by atoms with Gasteiger partial charge in [0.1, 0.15) is 11.9 Å². The summed E-state index contributed by atoms with van der Waals surface area (Å²) in [5.74, 6) is 1.19. The summed E-state index contributed by atoms with van der Waals surface area (Å²) in [7, 11) is 0. The molecule has 0 spiro atoms. The lowest BCUT2D eigenvalue weighted by molar-refractivity contribution is -0.135. The van der Waals surface area contributed by atoms with Gasteiger partial charge in [0.2, 0.25) is 5.95 Å². The zero-order valence-electron chi connectivity index (χ0n) is 17.9. The van der Waals surface area contributed by atoms with Crippen LogP contribution in [0.25, 0.3) is 0 Å². The Morgan fingerprint density at radius 2 is 2.09 bits per heavy atom. The third-order valence-electron chi connectivity index (χ3n) is 5.43. The molecule has 32 heavy (non-hydrogen) atoms. The van der Waals surface area contributed by atoms with Gasteiger partial charge in [0.15, 0.2) is 0 Å². The van der Waals surface area contributed by atoms with Crippen molar-refractivity contribution in [3.8, 4) is 0 Å². The molecule has 0 aliphatic carbocycles. The van der Waals surface area contributed by atoms with Crippen LogP contribution in [0.5, 0.6) is 0 Å². The van der Waals surface area contributed by atoms with Crippen LogP contribution in [0.15, 0.2) is 36.9 Å². The lowest BCUT2D eigenvalue weighted by Crippen LogP contribution is -2.40. The number of alkyl halides is 3. The first-order valence-corrected chi connectivity index (χ1v) is 10.7. The third-order valence-corrected chi connectivity index (χ3v) is 5.43. The number of ether oxygens (including phenoxy) is 1. The van der Waals surface area contributed by atoms with Crippen molar-refractivity contribution in [3.63, 3.8) is 0 Å². The lowest BCUT2D eigenvalue weighted by Gasteiger charge is -2.33. The Bertz CT molecular complexity index is 1000. The van der Waals surface area contributed by atoms with Crippen LogP contribution in [0.2, 0.25) is 0 Å². The summed E-state index contributed by atoms with van der Waals surface area (Å²) in [5, 5.41) is 13.0. The van der Waals surface area contributed by atoms with E-state index in [9.17, 15) is 13.2 Å². The van der Waals surface area contributed by atoms with Gasteiger partial charge in [-0.2, -0.15) is 18.3 Å². The van der Waals surface area contributed by atoms with Crippen molar-refractivity contribution in [2.45, 2.75) is 51.6 Å². The average Bonchev–Trinajstić information content (AvgIpc) is 3.41. The molecule has 3 aromatic heterocycles. The van der Waals surface area contributed by atoms with Crippen LogP contribution < -0.4 is 4.90 Å². The Morgan fingerprint density at radius 1 is 1.22 bits per heavy atom. The van der Waals surface area contributed by atoms with Gasteiger partial charge in [-0.25, -0.2) is 0 Å². The van der Waals surface area contributed by atoms with Gasteiger partial charge in [-0.05, 0) is 25.0 Å². The van der Waals surface area contributed by atoms with Crippen molar-refractivity contribution in [1.29, 1.82) is 0 Å². The zero-order chi connectivity index (χ0) is 22.6. The van der Waals surface area contributed by atoms with Gasteiger partial charge in [-0.3, -0.25) is 14.2 Å². The Morgan fingerprint density at radius 3 is 2.81 bits per heavy atom. The fraction of sp³-hybridized carbons (Fsp3) is 0.524. The highest BCUT2D eigenvalue weighted by atomic mass is 19.4. The highest BCUT2D eigenvalue weighted by molar-refractivity contribution is 5.34. The standard InChI is InChI=1S/C21H26F3N7O/c1-2-30-14-17(13-26-30)18-15-29(9-10-32-18)20-28-27-19(11-16-5-3-7-25-12-16)31(20)8-4-6-21(22,23)24/h3,5,7,12-14,18H,2,4,6,8-11,15H2,1H3. The number of hydrogen-bond donors (Lipinski definition) is 0. The van der Waals surface area contributed by atoms with Gasteiger partial charge in [0, 0.05) is 56.6 Å². The highest BCUT2D eigenvalue weighted by Crippen LogP contribution is 2.27. The summed E-state index contributed by atoms with van der Waals surface area (Å²) in [6, 6.07) is 3.74. The summed E-state index contributed by atoms with van der Waals surface area (Å²) in [4.78, 5) is 6.15.